The summed E-state index contributed by atoms with van der Waals surface area (Å²) in [4.78, 5) is 10.5. The molecular weight excluding hydrogens is 230 g/mol. The third-order valence-corrected chi connectivity index (χ3v) is 3.30. The van der Waals surface area contributed by atoms with Crippen LogP contribution >= 0.6 is 0 Å². The number of hydrogen-bond acceptors (Lipinski definition) is 3. The van der Waals surface area contributed by atoms with Crippen LogP contribution in [0.15, 0.2) is 18.2 Å². The van der Waals surface area contributed by atoms with Gasteiger partial charge in [-0.25, -0.2) is 0 Å². The van der Waals surface area contributed by atoms with Gasteiger partial charge >= 0.3 is 0 Å². The lowest BCUT2D eigenvalue weighted by molar-refractivity contribution is -0.385. The quantitative estimate of drug-likeness (QED) is 0.660. The van der Waals surface area contributed by atoms with Crippen molar-refractivity contribution in [2.75, 3.05) is 0 Å². The van der Waals surface area contributed by atoms with Crippen molar-refractivity contribution in [2.45, 2.75) is 46.6 Å². The zero-order chi connectivity index (χ0) is 13.9. The van der Waals surface area contributed by atoms with E-state index in [1.807, 2.05) is 26.8 Å². The van der Waals surface area contributed by atoms with Crippen molar-refractivity contribution in [3.05, 3.63) is 39.4 Å². The Labute approximate surface area is 108 Å². The normalized spacial score (nSPS) is 13.4. The van der Waals surface area contributed by atoms with E-state index in [0.29, 0.717) is 18.4 Å². The Kier molecular flexibility index (Phi) is 4.46. The summed E-state index contributed by atoms with van der Waals surface area (Å²) in [6, 6.07) is 5.10. The summed E-state index contributed by atoms with van der Waals surface area (Å²) in [6.07, 6.45) is 0.869. The first-order valence-corrected chi connectivity index (χ1v) is 6.14. The molecule has 0 radical (unpaired) electrons. The molecule has 0 saturated carbocycles. The van der Waals surface area contributed by atoms with Gasteiger partial charge in [0.2, 0.25) is 0 Å². The summed E-state index contributed by atoms with van der Waals surface area (Å²) in [7, 11) is 0. The molecule has 0 heterocycles. The molecule has 1 atom stereocenters. The number of aliphatic hydroxyl groups is 1. The highest BCUT2D eigenvalue weighted by Gasteiger charge is 2.22. The number of aryl methyl sites for hydroxylation is 1. The van der Waals surface area contributed by atoms with Crippen LogP contribution < -0.4 is 0 Å². The molecule has 100 valence electrons. The van der Waals surface area contributed by atoms with Crippen LogP contribution in [0.2, 0.25) is 0 Å². The molecule has 0 saturated heterocycles. The number of benzene rings is 1. The topological polar surface area (TPSA) is 63.4 Å². The van der Waals surface area contributed by atoms with Crippen molar-refractivity contribution in [3.8, 4) is 0 Å². The van der Waals surface area contributed by atoms with Crippen LogP contribution in [0.25, 0.3) is 0 Å². The van der Waals surface area contributed by atoms with Crippen LogP contribution in [0.4, 0.5) is 5.69 Å². The van der Waals surface area contributed by atoms with Gasteiger partial charge in [0.05, 0.1) is 11.0 Å². The first-order valence-electron chi connectivity index (χ1n) is 6.14. The fourth-order valence-electron chi connectivity index (χ4n) is 1.86. The van der Waals surface area contributed by atoms with E-state index in [0.717, 1.165) is 5.56 Å². The largest absolute Gasteiger partial charge is 0.393 e. The summed E-state index contributed by atoms with van der Waals surface area (Å²) in [5, 5.41) is 20.8. The molecule has 0 aliphatic carbocycles. The summed E-state index contributed by atoms with van der Waals surface area (Å²) < 4.78 is 0. The highest BCUT2D eigenvalue weighted by atomic mass is 16.6. The fraction of sp³-hybridized carbons (Fsp3) is 0.571. The van der Waals surface area contributed by atoms with Gasteiger partial charge in [-0.15, -0.1) is 0 Å². The molecule has 1 aromatic carbocycles. The van der Waals surface area contributed by atoms with Crippen LogP contribution in [0.3, 0.4) is 0 Å². The Morgan fingerprint density at radius 1 is 1.39 bits per heavy atom. The van der Waals surface area contributed by atoms with E-state index in [2.05, 4.69) is 0 Å². The van der Waals surface area contributed by atoms with Gasteiger partial charge in [-0.1, -0.05) is 32.9 Å². The van der Waals surface area contributed by atoms with E-state index >= 15 is 0 Å². The Morgan fingerprint density at radius 3 is 2.50 bits per heavy atom. The average Bonchev–Trinajstić information content (AvgIpc) is 2.25. The van der Waals surface area contributed by atoms with Crippen molar-refractivity contribution < 1.29 is 10.0 Å². The van der Waals surface area contributed by atoms with Crippen molar-refractivity contribution in [3.63, 3.8) is 0 Å². The second-order valence-corrected chi connectivity index (χ2v) is 5.74. The summed E-state index contributed by atoms with van der Waals surface area (Å²) in [5.41, 5.74) is 1.63. The SMILES string of the molecule is Cc1c(CCC(O)C(C)(C)C)cccc1[N+](=O)[O-]. The van der Waals surface area contributed by atoms with Gasteiger partial charge in [-0.3, -0.25) is 10.1 Å². The zero-order valence-corrected chi connectivity index (χ0v) is 11.4. The lowest BCUT2D eigenvalue weighted by Crippen LogP contribution is -2.26. The molecule has 0 amide bonds. The molecule has 1 N–H and O–H groups in total. The first-order chi connectivity index (χ1) is 8.23. The summed E-state index contributed by atoms with van der Waals surface area (Å²) in [6.45, 7) is 7.71. The van der Waals surface area contributed by atoms with Gasteiger partial charge < -0.3 is 5.11 Å². The second-order valence-electron chi connectivity index (χ2n) is 5.74. The predicted octanol–water partition coefficient (Wildman–Crippen LogP) is 3.24. The van der Waals surface area contributed by atoms with Gasteiger partial charge in [0.25, 0.3) is 5.69 Å². The number of rotatable bonds is 4. The van der Waals surface area contributed by atoms with E-state index in [4.69, 9.17) is 0 Å². The van der Waals surface area contributed by atoms with Gasteiger partial charge in [-0.2, -0.15) is 0 Å². The Hall–Kier alpha value is -1.42. The average molecular weight is 251 g/mol. The highest BCUT2D eigenvalue weighted by molar-refractivity contribution is 5.44. The second kappa shape index (κ2) is 5.48. The molecule has 0 aliphatic heterocycles. The van der Waals surface area contributed by atoms with Gasteiger partial charge in [0.15, 0.2) is 0 Å². The minimum absolute atomic E-state index is 0.151. The molecule has 4 heteroatoms. The molecule has 1 unspecified atom stereocenters. The minimum atomic E-state index is -0.406. The molecule has 0 fully saturated rings. The highest BCUT2D eigenvalue weighted by Crippen LogP contribution is 2.26. The molecule has 1 aromatic rings. The van der Waals surface area contributed by atoms with E-state index in [1.54, 1.807) is 13.0 Å². The molecule has 0 aromatic heterocycles. The predicted molar refractivity (Wildman–Crippen MR) is 71.6 cm³/mol. The van der Waals surface area contributed by atoms with Crippen LogP contribution in [-0.4, -0.2) is 16.1 Å². The number of hydrogen-bond donors (Lipinski definition) is 1. The Balaban J connectivity index is 2.81. The third kappa shape index (κ3) is 3.53. The van der Waals surface area contributed by atoms with Crippen molar-refractivity contribution in [1.29, 1.82) is 0 Å². The van der Waals surface area contributed by atoms with Crippen molar-refractivity contribution in [1.82, 2.24) is 0 Å². The van der Waals surface area contributed by atoms with Gasteiger partial charge in [0, 0.05) is 11.6 Å². The monoisotopic (exact) mass is 251 g/mol. The molecule has 0 spiro atoms. The van der Waals surface area contributed by atoms with Crippen LogP contribution in [0.1, 0.15) is 38.3 Å². The van der Waals surface area contributed by atoms with Crippen molar-refractivity contribution in [2.24, 2.45) is 5.41 Å². The standard InChI is InChI=1S/C14H21NO3/c1-10-11(6-5-7-12(10)15(17)18)8-9-13(16)14(2,3)4/h5-7,13,16H,8-9H2,1-4H3. The minimum Gasteiger partial charge on any atom is -0.393 e. The van der Waals surface area contributed by atoms with Gasteiger partial charge in [-0.05, 0) is 30.7 Å². The molecule has 1 rings (SSSR count). The van der Waals surface area contributed by atoms with E-state index < -0.39 is 6.10 Å². The number of nitro benzene ring substituents is 1. The first kappa shape index (κ1) is 14.6. The van der Waals surface area contributed by atoms with E-state index in [1.165, 1.54) is 6.07 Å². The summed E-state index contributed by atoms with van der Waals surface area (Å²) >= 11 is 0. The summed E-state index contributed by atoms with van der Waals surface area (Å²) in [5.74, 6) is 0. The zero-order valence-electron chi connectivity index (χ0n) is 11.4. The van der Waals surface area contributed by atoms with E-state index in [-0.39, 0.29) is 16.0 Å². The Morgan fingerprint density at radius 2 is 2.00 bits per heavy atom. The Bertz CT molecular complexity index is 435. The fourth-order valence-corrected chi connectivity index (χ4v) is 1.86. The maximum atomic E-state index is 10.8. The van der Waals surface area contributed by atoms with E-state index in [9.17, 15) is 15.2 Å². The van der Waals surface area contributed by atoms with Gasteiger partial charge in [0.1, 0.15) is 0 Å². The number of nitrogens with zero attached hydrogens (tertiary/aromatic N) is 1. The lowest BCUT2D eigenvalue weighted by Gasteiger charge is -2.25. The lowest BCUT2D eigenvalue weighted by atomic mass is 9.85. The van der Waals surface area contributed by atoms with Crippen LogP contribution in [0.5, 0.6) is 0 Å². The number of nitro groups is 1. The molecule has 0 aliphatic rings. The molecule has 0 bridgehead atoms. The smallest absolute Gasteiger partial charge is 0.272 e. The third-order valence-electron chi connectivity index (χ3n) is 3.30. The van der Waals surface area contributed by atoms with Crippen LogP contribution in [-0.2, 0) is 6.42 Å². The number of aliphatic hydroxyl groups excluding tert-OH is 1. The molecule has 4 nitrogen and oxygen atoms in total. The molecule has 18 heavy (non-hydrogen) atoms. The molecular formula is C14H21NO3. The maximum absolute atomic E-state index is 10.8. The van der Waals surface area contributed by atoms with Crippen molar-refractivity contribution >= 4 is 5.69 Å². The maximum Gasteiger partial charge on any atom is 0.272 e. The van der Waals surface area contributed by atoms with Crippen LogP contribution in [0, 0.1) is 22.5 Å².